The van der Waals surface area contributed by atoms with Gasteiger partial charge in [0.2, 0.25) is 0 Å². The average molecular weight is 411 g/mol. The van der Waals surface area contributed by atoms with Gasteiger partial charge in [0, 0.05) is 24.0 Å². The second-order valence-corrected chi connectivity index (χ2v) is 8.64. The highest BCUT2D eigenvalue weighted by molar-refractivity contribution is 6.20. The van der Waals surface area contributed by atoms with E-state index in [0.717, 1.165) is 38.9 Å². The Bertz CT molecular complexity index is 239. The molecule has 0 saturated carbocycles. The molecule has 2 atom stereocenters. The van der Waals surface area contributed by atoms with Gasteiger partial charge in [0.05, 0.1) is 13.2 Å². The SMILES string of the molecule is CCCCCCCC(Cl)CCOCCOCCC(Cl)CCCCCCC. The summed E-state index contributed by atoms with van der Waals surface area (Å²) in [5.74, 6) is 0. The Hall–Kier alpha value is 0.500. The largest absolute Gasteiger partial charge is 0.379 e. The molecule has 0 aromatic carbocycles. The fourth-order valence-corrected chi connectivity index (χ4v) is 3.46. The first-order valence-corrected chi connectivity index (χ1v) is 12.0. The molecule has 0 heterocycles. The first kappa shape index (κ1) is 26.5. The summed E-state index contributed by atoms with van der Waals surface area (Å²) >= 11 is 12.7. The maximum atomic E-state index is 6.33. The molecular weight excluding hydrogens is 367 g/mol. The van der Waals surface area contributed by atoms with Crippen LogP contribution in [0.2, 0.25) is 0 Å². The van der Waals surface area contributed by atoms with Crippen molar-refractivity contribution in [3.8, 4) is 0 Å². The van der Waals surface area contributed by atoms with Gasteiger partial charge < -0.3 is 9.47 Å². The van der Waals surface area contributed by atoms with E-state index in [1.54, 1.807) is 0 Å². The highest BCUT2D eigenvalue weighted by Gasteiger charge is 2.05. The Kier molecular flexibility index (Phi) is 22.2. The van der Waals surface area contributed by atoms with Crippen molar-refractivity contribution in [3.63, 3.8) is 0 Å². The fourth-order valence-electron chi connectivity index (χ4n) is 2.97. The number of ether oxygens (including phenoxy) is 2. The molecule has 2 nitrogen and oxygen atoms in total. The average Bonchev–Trinajstić information content (AvgIpc) is 2.63. The summed E-state index contributed by atoms with van der Waals surface area (Å²) in [6, 6.07) is 0. The van der Waals surface area contributed by atoms with Gasteiger partial charge in [-0.3, -0.25) is 0 Å². The van der Waals surface area contributed by atoms with Gasteiger partial charge >= 0.3 is 0 Å². The number of alkyl halides is 2. The van der Waals surface area contributed by atoms with E-state index in [0.29, 0.717) is 13.2 Å². The Labute approximate surface area is 173 Å². The van der Waals surface area contributed by atoms with Crippen LogP contribution in [0.5, 0.6) is 0 Å². The lowest BCUT2D eigenvalue weighted by Crippen LogP contribution is -2.11. The molecule has 0 radical (unpaired) electrons. The van der Waals surface area contributed by atoms with Crippen LogP contribution < -0.4 is 0 Å². The van der Waals surface area contributed by atoms with Crippen molar-refractivity contribution in [2.45, 2.75) is 114 Å². The van der Waals surface area contributed by atoms with Crippen LogP contribution in [0.25, 0.3) is 0 Å². The molecule has 0 rings (SSSR count). The molecule has 0 fully saturated rings. The number of hydrogen-bond acceptors (Lipinski definition) is 2. The van der Waals surface area contributed by atoms with Crippen LogP contribution in [0.1, 0.15) is 104 Å². The lowest BCUT2D eigenvalue weighted by Gasteiger charge is -2.11. The number of halogens is 2. The summed E-state index contributed by atoms with van der Waals surface area (Å²) in [5, 5.41) is 0.513. The molecule has 0 aromatic heterocycles. The van der Waals surface area contributed by atoms with Crippen LogP contribution in [0.4, 0.5) is 0 Å². The third kappa shape index (κ3) is 20.8. The molecule has 0 aliphatic rings. The molecule has 0 aliphatic heterocycles. The Balaban J connectivity index is 3.22. The number of rotatable bonds is 21. The van der Waals surface area contributed by atoms with E-state index >= 15 is 0 Å². The van der Waals surface area contributed by atoms with Gasteiger partial charge in [-0.05, 0) is 25.7 Å². The molecule has 0 amide bonds. The van der Waals surface area contributed by atoms with Gasteiger partial charge in [-0.25, -0.2) is 0 Å². The summed E-state index contributed by atoms with van der Waals surface area (Å²) in [6.07, 6.45) is 17.2. The van der Waals surface area contributed by atoms with Crippen molar-refractivity contribution in [2.24, 2.45) is 0 Å². The van der Waals surface area contributed by atoms with Gasteiger partial charge in [0.25, 0.3) is 0 Å². The molecule has 0 saturated heterocycles. The zero-order valence-electron chi connectivity index (χ0n) is 17.5. The van der Waals surface area contributed by atoms with Gasteiger partial charge in [-0.1, -0.05) is 78.1 Å². The van der Waals surface area contributed by atoms with Crippen molar-refractivity contribution >= 4 is 23.2 Å². The molecular formula is C22H44Cl2O2. The molecule has 26 heavy (non-hydrogen) atoms. The number of hydrogen-bond donors (Lipinski definition) is 0. The second kappa shape index (κ2) is 21.8. The van der Waals surface area contributed by atoms with Crippen molar-refractivity contribution in [3.05, 3.63) is 0 Å². The summed E-state index contributed by atoms with van der Waals surface area (Å²) < 4.78 is 11.2. The molecule has 0 aliphatic carbocycles. The van der Waals surface area contributed by atoms with Gasteiger partial charge in [-0.2, -0.15) is 0 Å². The minimum absolute atomic E-state index is 0.256. The van der Waals surface area contributed by atoms with E-state index in [2.05, 4.69) is 13.8 Å². The van der Waals surface area contributed by atoms with Crippen molar-refractivity contribution in [1.29, 1.82) is 0 Å². The maximum absolute atomic E-state index is 6.33. The van der Waals surface area contributed by atoms with Gasteiger partial charge in [0.15, 0.2) is 0 Å². The molecule has 0 aromatic rings. The minimum Gasteiger partial charge on any atom is -0.379 e. The van der Waals surface area contributed by atoms with Crippen LogP contribution in [-0.2, 0) is 9.47 Å². The quantitative estimate of drug-likeness (QED) is 0.142. The van der Waals surface area contributed by atoms with Crippen molar-refractivity contribution in [2.75, 3.05) is 26.4 Å². The summed E-state index contributed by atoms with van der Waals surface area (Å²) in [4.78, 5) is 0. The monoisotopic (exact) mass is 410 g/mol. The van der Waals surface area contributed by atoms with E-state index < -0.39 is 0 Å². The number of unbranched alkanes of at least 4 members (excludes halogenated alkanes) is 8. The lowest BCUT2D eigenvalue weighted by atomic mass is 10.1. The lowest BCUT2D eigenvalue weighted by molar-refractivity contribution is 0.0453. The molecule has 0 spiro atoms. The predicted octanol–water partition coefficient (Wildman–Crippen LogP) is 7.74. The van der Waals surface area contributed by atoms with Crippen LogP contribution >= 0.6 is 23.2 Å². The van der Waals surface area contributed by atoms with Crippen LogP contribution in [0, 0.1) is 0 Å². The topological polar surface area (TPSA) is 18.5 Å². The fraction of sp³-hybridized carbons (Fsp3) is 1.00. The van der Waals surface area contributed by atoms with E-state index in [-0.39, 0.29) is 10.8 Å². The van der Waals surface area contributed by atoms with Crippen molar-refractivity contribution in [1.82, 2.24) is 0 Å². The second-order valence-electron chi connectivity index (χ2n) is 7.40. The molecule has 2 unspecified atom stereocenters. The van der Waals surface area contributed by atoms with Crippen LogP contribution in [0.15, 0.2) is 0 Å². The highest BCUT2D eigenvalue weighted by atomic mass is 35.5. The maximum Gasteiger partial charge on any atom is 0.0700 e. The summed E-state index contributed by atoms with van der Waals surface area (Å²) in [6.45, 7) is 7.28. The Morgan fingerprint density at radius 2 is 0.885 bits per heavy atom. The van der Waals surface area contributed by atoms with E-state index in [9.17, 15) is 0 Å². The molecule has 0 bridgehead atoms. The molecule has 158 valence electrons. The van der Waals surface area contributed by atoms with Gasteiger partial charge in [0.1, 0.15) is 0 Å². The van der Waals surface area contributed by atoms with E-state index in [1.165, 1.54) is 64.2 Å². The third-order valence-corrected chi connectivity index (χ3v) is 5.64. The standard InChI is InChI=1S/C22H44Cl2O2/c1-3-5-7-9-11-13-21(23)15-17-25-19-20-26-18-16-22(24)14-12-10-8-6-4-2/h21-22H,3-20H2,1-2H3. The van der Waals surface area contributed by atoms with Crippen LogP contribution in [-0.4, -0.2) is 37.2 Å². The smallest absolute Gasteiger partial charge is 0.0700 e. The van der Waals surface area contributed by atoms with E-state index in [4.69, 9.17) is 32.7 Å². The third-order valence-electron chi connectivity index (χ3n) is 4.76. The summed E-state index contributed by atoms with van der Waals surface area (Å²) in [7, 11) is 0. The van der Waals surface area contributed by atoms with Gasteiger partial charge in [-0.15, -0.1) is 23.2 Å². The zero-order valence-corrected chi connectivity index (χ0v) is 19.0. The molecule has 4 heteroatoms. The zero-order chi connectivity index (χ0) is 19.3. The summed E-state index contributed by atoms with van der Waals surface area (Å²) in [5.41, 5.74) is 0. The Morgan fingerprint density at radius 1 is 0.500 bits per heavy atom. The highest BCUT2D eigenvalue weighted by Crippen LogP contribution is 2.15. The first-order valence-electron chi connectivity index (χ1n) is 11.1. The van der Waals surface area contributed by atoms with Crippen LogP contribution in [0.3, 0.4) is 0 Å². The van der Waals surface area contributed by atoms with Crippen molar-refractivity contribution < 1.29 is 9.47 Å². The van der Waals surface area contributed by atoms with E-state index in [1.807, 2.05) is 0 Å². The molecule has 0 N–H and O–H groups in total. The minimum atomic E-state index is 0.256. The first-order chi connectivity index (χ1) is 12.7. The Morgan fingerprint density at radius 3 is 1.27 bits per heavy atom. The predicted molar refractivity (Wildman–Crippen MR) is 117 cm³/mol. The normalized spacial score (nSPS) is 13.8.